The number of piperidine rings is 1. The summed E-state index contributed by atoms with van der Waals surface area (Å²) in [5, 5.41) is 10.2. The summed E-state index contributed by atoms with van der Waals surface area (Å²) in [5.74, 6) is 0.619. The molecule has 1 aromatic carbocycles. The summed E-state index contributed by atoms with van der Waals surface area (Å²) in [6.07, 6.45) is 3.23. The second-order valence-corrected chi connectivity index (χ2v) is 5.59. The van der Waals surface area contributed by atoms with Crippen molar-refractivity contribution in [2.45, 2.75) is 25.5 Å². The van der Waals surface area contributed by atoms with Gasteiger partial charge in [-0.05, 0) is 37.1 Å². The van der Waals surface area contributed by atoms with Crippen molar-refractivity contribution < 1.29 is 9.52 Å². The first-order chi connectivity index (χ1) is 9.70. The van der Waals surface area contributed by atoms with Gasteiger partial charge in [-0.2, -0.15) is 0 Å². The van der Waals surface area contributed by atoms with Crippen LogP contribution in [0.2, 0.25) is 5.02 Å². The summed E-state index contributed by atoms with van der Waals surface area (Å²) in [4.78, 5) is 6.80. The molecule has 0 saturated carbocycles. The maximum absolute atomic E-state index is 9.50. The van der Waals surface area contributed by atoms with Gasteiger partial charge in [0, 0.05) is 30.2 Å². The summed E-state index contributed by atoms with van der Waals surface area (Å²) in [6, 6.07) is 7.45. The predicted molar refractivity (Wildman–Crippen MR) is 77.5 cm³/mol. The van der Waals surface area contributed by atoms with Gasteiger partial charge in [-0.15, -0.1) is 0 Å². The van der Waals surface area contributed by atoms with Crippen molar-refractivity contribution in [2.75, 3.05) is 13.1 Å². The summed E-state index contributed by atoms with van der Waals surface area (Å²) in [7, 11) is 0. The second kappa shape index (κ2) is 5.95. The molecule has 0 atom stereocenters. The Hall–Kier alpha value is -1.36. The quantitative estimate of drug-likeness (QED) is 0.945. The van der Waals surface area contributed by atoms with Crippen molar-refractivity contribution >= 4 is 11.6 Å². The van der Waals surface area contributed by atoms with Crippen LogP contribution >= 0.6 is 11.6 Å². The molecule has 0 radical (unpaired) electrons. The molecule has 0 unspecified atom stereocenters. The van der Waals surface area contributed by atoms with E-state index in [2.05, 4.69) is 9.88 Å². The monoisotopic (exact) mass is 292 g/mol. The fourth-order valence-corrected chi connectivity index (χ4v) is 2.54. The molecule has 20 heavy (non-hydrogen) atoms. The van der Waals surface area contributed by atoms with Crippen LogP contribution in [0.15, 0.2) is 34.9 Å². The van der Waals surface area contributed by atoms with E-state index in [4.69, 9.17) is 16.0 Å². The molecule has 1 aliphatic rings. The van der Waals surface area contributed by atoms with Crippen LogP contribution in [0.4, 0.5) is 0 Å². The Morgan fingerprint density at radius 3 is 2.65 bits per heavy atom. The van der Waals surface area contributed by atoms with E-state index in [9.17, 15) is 5.11 Å². The van der Waals surface area contributed by atoms with Crippen molar-refractivity contribution in [2.24, 2.45) is 0 Å². The van der Waals surface area contributed by atoms with E-state index in [0.717, 1.165) is 43.7 Å². The molecule has 1 N–H and O–H groups in total. The van der Waals surface area contributed by atoms with Crippen molar-refractivity contribution in [3.8, 4) is 11.5 Å². The lowest BCUT2D eigenvalue weighted by atomic mass is 10.1. The highest BCUT2D eigenvalue weighted by Gasteiger charge is 2.18. The van der Waals surface area contributed by atoms with Crippen LogP contribution < -0.4 is 0 Å². The largest absolute Gasteiger partial charge is 0.444 e. The number of oxazole rings is 1. The first kappa shape index (κ1) is 13.6. The number of aliphatic hydroxyl groups is 1. The SMILES string of the molecule is OC1CCN(Cc2coc(-c3ccc(Cl)cc3)n2)CC1. The minimum Gasteiger partial charge on any atom is -0.444 e. The van der Waals surface area contributed by atoms with Crippen molar-refractivity contribution in [1.82, 2.24) is 9.88 Å². The van der Waals surface area contributed by atoms with Crippen LogP contribution in [0.1, 0.15) is 18.5 Å². The van der Waals surface area contributed by atoms with Gasteiger partial charge in [0.1, 0.15) is 6.26 Å². The van der Waals surface area contributed by atoms with Gasteiger partial charge in [0.15, 0.2) is 0 Å². The Balaban J connectivity index is 1.66. The average molecular weight is 293 g/mol. The number of hydrogen-bond acceptors (Lipinski definition) is 4. The normalized spacial score (nSPS) is 17.5. The third kappa shape index (κ3) is 3.20. The smallest absolute Gasteiger partial charge is 0.226 e. The van der Waals surface area contributed by atoms with Crippen molar-refractivity contribution in [1.29, 1.82) is 0 Å². The van der Waals surface area contributed by atoms with E-state index in [0.29, 0.717) is 10.9 Å². The van der Waals surface area contributed by atoms with Gasteiger partial charge in [-0.1, -0.05) is 11.6 Å². The number of likely N-dealkylation sites (tertiary alicyclic amines) is 1. The van der Waals surface area contributed by atoms with Crippen molar-refractivity contribution in [3.05, 3.63) is 41.2 Å². The number of halogens is 1. The highest BCUT2D eigenvalue weighted by Crippen LogP contribution is 2.22. The van der Waals surface area contributed by atoms with Crippen LogP contribution in [0.25, 0.3) is 11.5 Å². The summed E-state index contributed by atoms with van der Waals surface area (Å²) in [5.41, 5.74) is 1.85. The third-order valence-corrected chi connectivity index (χ3v) is 3.84. The maximum Gasteiger partial charge on any atom is 0.226 e. The number of benzene rings is 1. The van der Waals surface area contributed by atoms with Crippen LogP contribution in [-0.2, 0) is 6.54 Å². The van der Waals surface area contributed by atoms with Gasteiger partial charge in [-0.3, -0.25) is 4.90 Å². The van der Waals surface area contributed by atoms with Gasteiger partial charge < -0.3 is 9.52 Å². The standard InChI is InChI=1S/C15H17ClN2O2/c16-12-3-1-11(2-4-12)15-17-13(10-20-15)9-18-7-5-14(19)6-8-18/h1-4,10,14,19H,5-9H2. The molecule has 2 heterocycles. The molecule has 1 saturated heterocycles. The fourth-order valence-electron chi connectivity index (χ4n) is 2.41. The molecule has 0 spiro atoms. The van der Waals surface area contributed by atoms with Crippen molar-refractivity contribution in [3.63, 3.8) is 0 Å². The minimum atomic E-state index is -0.145. The molecule has 2 aromatic rings. The fraction of sp³-hybridized carbons (Fsp3) is 0.400. The van der Waals surface area contributed by atoms with Crippen LogP contribution in [-0.4, -0.2) is 34.2 Å². The molecule has 0 aliphatic carbocycles. The second-order valence-electron chi connectivity index (χ2n) is 5.16. The van der Waals surface area contributed by atoms with Gasteiger partial charge in [0.05, 0.1) is 11.8 Å². The van der Waals surface area contributed by atoms with E-state index in [-0.39, 0.29) is 6.10 Å². The molecular weight excluding hydrogens is 276 g/mol. The first-order valence-corrected chi connectivity index (χ1v) is 7.19. The minimum absolute atomic E-state index is 0.145. The molecule has 1 aliphatic heterocycles. The lowest BCUT2D eigenvalue weighted by molar-refractivity contribution is 0.0786. The lowest BCUT2D eigenvalue weighted by Crippen LogP contribution is -2.35. The first-order valence-electron chi connectivity index (χ1n) is 6.81. The topological polar surface area (TPSA) is 49.5 Å². The Morgan fingerprint density at radius 1 is 1.25 bits per heavy atom. The lowest BCUT2D eigenvalue weighted by Gasteiger charge is -2.28. The molecular formula is C15H17ClN2O2. The molecule has 106 valence electrons. The van der Waals surface area contributed by atoms with Crippen LogP contribution in [0, 0.1) is 0 Å². The van der Waals surface area contributed by atoms with Crippen LogP contribution in [0.5, 0.6) is 0 Å². The Kier molecular flexibility index (Phi) is 4.05. The van der Waals surface area contributed by atoms with Crippen LogP contribution in [0.3, 0.4) is 0 Å². The maximum atomic E-state index is 9.50. The van der Waals surface area contributed by atoms with Gasteiger partial charge in [-0.25, -0.2) is 4.98 Å². The van der Waals surface area contributed by atoms with E-state index >= 15 is 0 Å². The summed E-state index contributed by atoms with van der Waals surface area (Å²) < 4.78 is 5.52. The van der Waals surface area contributed by atoms with E-state index in [1.165, 1.54) is 0 Å². The number of aromatic nitrogens is 1. The van der Waals surface area contributed by atoms with E-state index in [1.807, 2.05) is 24.3 Å². The Labute approximate surface area is 123 Å². The van der Waals surface area contributed by atoms with E-state index < -0.39 is 0 Å². The summed E-state index contributed by atoms with van der Waals surface area (Å²) in [6.45, 7) is 2.58. The number of hydrogen-bond donors (Lipinski definition) is 1. The zero-order valence-corrected chi connectivity index (χ0v) is 11.9. The van der Waals surface area contributed by atoms with Gasteiger partial charge in [0.2, 0.25) is 5.89 Å². The molecule has 0 bridgehead atoms. The van der Waals surface area contributed by atoms with E-state index in [1.54, 1.807) is 6.26 Å². The number of nitrogens with zero attached hydrogens (tertiary/aromatic N) is 2. The number of aliphatic hydroxyl groups excluding tert-OH is 1. The highest BCUT2D eigenvalue weighted by molar-refractivity contribution is 6.30. The average Bonchev–Trinajstić information content (AvgIpc) is 2.91. The molecule has 3 rings (SSSR count). The van der Waals surface area contributed by atoms with Gasteiger partial charge >= 0.3 is 0 Å². The zero-order valence-electron chi connectivity index (χ0n) is 11.1. The summed E-state index contributed by atoms with van der Waals surface area (Å²) >= 11 is 5.87. The third-order valence-electron chi connectivity index (χ3n) is 3.59. The molecule has 1 aromatic heterocycles. The predicted octanol–water partition coefficient (Wildman–Crippen LogP) is 2.95. The number of rotatable bonds is 3. The van der Waals surface area contributed by atoms with Gasteiger partial charge in [0.25, 0.3) is 0 Å². The molecule has 0 amide bonds. The Morgan fingerprint density at radius 2 is 1.95 bits per heavy atom. The highest BCUT2D eigenvalue weighted by atomic mass is 35.5. The molecule has 4 nitrogen and oxygen atoms in total. The molecule has 1 fully saturated rings. The molecule has 5 heteroatoms. The zero-order chi connectivity index (χ0) is 13.9. The Bertz CT molecular complexity index is 560.